The van der Waals surface area contributed by atoms with Crippen LogP contribution in [-0.2, 0) is 12.8 Å². The third-order valence-electron chi connectivity index (χ3n) is 4.53. The molecule has 0 fully saturated rings. The number of fused-ring (bicyclic) bond motifs is 1. The van der Waals surface area contributed by atoms with Gasteiger partial charge in [0.1, 0.15) is 0 Å². The van der Waals surface area contributed by atoms with Gasteiger partial charge in [0.25, 0.3) is 0 Å². The van der Waals surface area contributed by atoms with Gasteiger partial charge < -0.3 is 11.1 Å². The minimum absolute atomic E-state index is 0.344. The van der Waals surface area contributed by atoms with Crippen LogP contribution in [0.5, 0.6) is 0 Å². The fourth-order valence-electron chi connectivity index (χ4n) is 2.99. The van der Waals surface area contributed by atoms with E-state index >= 15 is 0 Å². The van der Waals surface area contributed by atoms with Gasteiger partial charge in [0.05, 0.1) is 5.69 Å². The number of hydrogen-bond donors (Lipinski definition) is 3. The fourth-order valence-corrected chi connectivity index (χ4v) is 2.99. The molecule has 0 saturated heterocycles. The molecule has 4 N–H and O–H groups in total. The van der Waals surface area contributed by atoms with Gasteiger partial charge in [-0.05, 0) is 30.4 Å². The lowest BCUT2D eigenvalue weighted by molar-refractivity contribution is 0.329. The van der Waals surface area contributed by atoms with Crippen molar-refractivity contribution in [3.05, 3.63) is 35.0 Å². The first kappa shape index (κ1) is 12.9. The van der Waals surface area contributed by atoms with E-state index in [4.69, 9.17) is 11.1 Å². The van der Waals surface area contributed by atoms with Gasteiger partial charge >= 0.3 is 0 Å². The maximum Gasteiger partial charge on any atom is 0.0955 e. The van der Waals surface area contributed by atoms with Crippen LogP contribution >= 0.6 is 0 Å². The number of aromatic nitrogens is 2. The molecule has 1 aliphatic carbocycles. The number of benzene rings is 1. The Hall–Kier alpha value is -2.10. The van der Waals surface area contributed by atoms with E-state index in [1.54, 1.807) is 0 Å². The van der Waals surface area contributed by atoms with Crippen molar-refractivity contribution in [2.75, 3.05) is 5.73 Å². The maximum absolute atomic E-state index is 7.42. The van der Waals surface area contributed by atoms with Crippen molar-refractivity contribution in [1.29, 1.82) is 5.41 Å². The molecule has 4 nitrogen and oxygen atoms in total. The Morgan fingerprint density at radius 3 is 2.95 bits per heavy atom. The molecular formula is C16H20N4. The molecule has 0 spiro atoms. The number of rotatable bonds is 3. The van der Waals surface area contributed by atoms with Crippen molar-refractivity contribution in [3.63, 3.8) is 0 Å². The maximum atomic E-state index is 7.42. The quantitative estimate of drug-likeness (QED) is 0.590. The number of anilines is 1. The first-order valence-corrected chi connectivity index (χ1v) is 7.03. The second-order valence-electron chi connectivity index (χ2n) is 6.04. The molecule has 20 heavy (non-hydrogen) atoms. The molecule has 2 aromatic rings. The average Bonchev–Trinajstić information content (AvgIpc) is 2.96. The molecule has 1 aromatic heterocycles. The average molecular weight is 268 g/mol. The highest BCUT2D eigenvalue weighted by atomic mass is 15.1. The SMILES string of the molecule is CCC1(C)Cc2[nH]nc(-c3ccc(N)c(C=N)c3)c2C1. The number of H-pyrrole nitrogens is 1. The summed E-state index contributed by atoms with van der Waals surface area (Å²) in [6, 6.07) is 5.78. The van der Waals surface area contributed by atoms with Gasteiger partial charge in [-0.2, -0.15) is 5.10 Å². The third-order valence-corrected chi connectivity index (χ3v) is 4.53. The molecule has 1 heterocycles. The fraction of sp³-hybridized carbons (Fsp3) is 0.375. The largest absolute Gasteiger partial charge is 0.398 e. The number of nitrogens with one attached hydrogen (secondary N) is 2. The molecule has 0 radical (unpaired) electrons. The van der Waals surface area contributed by atoms with Crippen molar-refractivity contribution in [1.82, 2.24) is 10.2 Å². The molecule has 104 valence electrons. The lowest BCUT2D eigenvalue weighted by Gasteiger charge is -2.20. The van der Waals surface area contributed by atoms with E-state index in [0.717, 1.165) is 29.7 Å². The highest BCUT2D eigenvalue weighted by molar-refractivity contribution is 5.87. The number of nitrogens with two attached hydrogens (primary N) is 1. The summed E-state index contributed by atoms with van der Waals surface area (Å²) < 4.78 is 0. The van der Waals surface area contributed by atoms with Crippen LogP contribution in [0.15, 0.2) is 18.2 Å². The Bertz CT molecular complexity index is 671. The second kappa shape index (κ2) is 4.47. The van der Waals surface area contributed by atoms with Crippen LogP contribution in [0.4, 0.5) is 5.69 Å². The molecule has 4 heteroatoms. The number of aromatic amines is 1. The third kappa shape index (κ3) is 1.92. The molecule has 1 unspecified atom stereocenters. The lowest BCUT2D eigenvalue weighted by Crippen LogP contribution is -2.15. The van der Waals surface area contributed by atoms with Crippen molar-refractivity contribution in [2.45, 2.75) is 33.1 Å². The van der Waals surface area contributed by atoms with Crippen LogP contribution in [-0.4, -0.2) is 16.4 Å². The van der Waals surface area contributed by atoms with Gasteiger partial charge in [-0.25, -0.2) is 0 Å². The van der Waals surface area contributed by atoms with E-state index in [-0.39, 0.29) is 0 Å². The van der Waals surface area contributed by atoms with Crippen molar-refractivity contribution in [2.24, 2.45) is 5.41 Å². The van der Waals surface area contributed by atoms with Crippen molar-refractivity contribution in [3.8, 4) is 11.3 Å². The van der Waals surface area contributed by atoms with Gasteiger partial charge in [0, 0.05) is 34.3 Å². The highest BCUT2D eigenvalue weighted by Crippen LogP contribution is 2.42. The Labute approximate surface area is 118 Å². The molecule has 0 amide bonds. The van der Waals surface area contributed by atoms with Crippen LogP contribution in [0, 0.1) is 10.8 Å². The molecule has 1 aromatic carbocycles. The molecule has 3 rings (SSSR count). The smallest absolute Gasteiger partial charge is 0.0955 e. The van der Waals surface area contributed by atoms with Gasteiger partial charge in [-0.3, -0.25) is 5.10 Å². The Morgan fingerprint density at radius 1 is 1.45 bits per heavy atom. The molecular weight excluding hydrogens is 248 g/mol. The predicted molar refractivity (Wildman–Crippen MR) is 82.1 cm³/mol. The van der Waals surface area contributed by atoms with E-state index < -0.39 is 0 Å². The van der Waals surface area contributed by atoms with Gasteiger partial charge in [-0.15, -0.1) is 0 Å². The highest BCUT2D eigenvalue weighted by Gasteiger charge is 2.35. The summed E-state index contributed by atoms with van der Waals surface area (Å²) in [5, 5.41) is 15.1. The summed E-state index contributed by atoms with van der Waals surface area (Å²) in [7, 11) is 0. The molecule has 0 bridgehead atoms. The van der Waals surface area contributed by atoms with E-state index in [0.29, 0.717) is 11.1 Å². The minimum Gasteiger partial charge on any atom is -0.398 e. The van der Waals surface area contributed by atoms with Crippen LogP contribution in [0.2, 0.25) is 0 Å². The summed E-state index contributed by atoms with van der Waals surface area (Å²) in [4.78, 5) is 0. The summed E-state index contributed by atoms with van der Waals surface area (Å²) in [5.41, 5.74) is 12.2. The molecule has 0 saturated carbocycles. The minimum atomic E-state index is 0.344. The van der Waals surface area contributed by atoms with Crippen LogP contribution in [0.25, 0.3) is 11.3 Å². The van der Waals surface area contributed by atoms with Gasteiger partial charge in [-0.1, -0.05) is 26.3 Å². The normalized spacial score (nSPS) is 20.9. The first-order valence-electron chi connectivity index (χ1n) is 7.03. The van der Waals surface area contributed by atoms with Gasteiger partial charge in [0.15, 0.2) is 0 Å². The number of nitrogen functional groups attached to an aromatic ring is 1. The molecule has 0 aliphatic heterocycles. The van der Waals surface area contributed by atoms with E-state index in [1.807, 2.05) is 18.2 Å². The van der Waals surface area contributed by atoms with Crippen LogP contribution in [0.1, 0.15) is 37.1 Å². The van der Waals surface area contributed by atoms with Gasteiger partial charge in [0.2, 0.25) is 0 Å². The second-order valence-corrected chi connectivity index (χ2v) is 6.04. The Morgan fingerprint density at radius 2 is 2.25 bits per heavy atom. The zero-order valence-corrected chi connectivity index (χ0v) is 12.0. The summed E-state index contributed by atoms with van der Waals surface area (Å²) in [5.74, 6) is 0. The van der Waals surface area contributed by atoms with E-state index in [1.165, 1.54) is 23.9 Å². The van der Waals surface area contributed by atoms with E-state index in [9.17, 15) is 0 Å². The zero-order valence-electron chi connectivity index (χ0n) is 12.0. The first-order chi connectivity index (χ1) is 9.56. The number of nitrogens with zero attached hydrogens (tertiary/aromatic N) is 1. The predicted octanol–water partition coefficient (Wildman–Crippen LogP) is 3.17. The van der Waals surface area contributed by atoms with Crippen LogP contribution < -0.4 is 5.73 Å². The molecule has 1 atom stereocenters. The molecule has 1 aliphatic rings. The van der Waals surface area contributed by atoms with Crippen LogP contribution in [0.3, 0.4) is 0 Å². The topological polar surface area (TPSA) is 78.6 Å². The Balaban J connectivity index is 2.04. The summed E-state index contributed by atoms with van der Waals surface area (Å²) >= 11 is 0. The van der Waals surface area contributed by atoms with E-state index in [2.05, 4.69) is 24.0 Å². The standard InChI is InChI=1S/C16H20N4/c1-3-16(2)7-12-14(8-16)19-20-15(12)10-4-5-13(18)11(6-10)9-17/h4-6,9,17H,3,7-8,18H2,1-2H3,(H,19,20). The van der Waals surface area contributed by atoms with Crippen molar-refractivity contribution < 1.29 is 0 Å². The summed E-state index contributed by atoms with van der Waals surface area (Å²) in [6.07, 6.45) is 4.59. The number of hydrogen-bond acceptors (Lipinski definition) is 3. The Kier molecular flexibility index (Phi) is 2.89. The monoisotopic (exact) mass is 268 g/mol. The summed E-state index contributed by atoms with van der Waals surface area (Å²) in [6.45, 7) is 4.58. The zero-order chi connectivity index (χ0) is 14.3. The lowest BCUT2D eigenvalue weighted by atomic mass is 9.84. The van der Waals surface area contributed by atoms with Crippen molar-refractivity contribution >= 4 is 11.9 Å².